The molecular formula is C20H18FN3O2. The van der Waals surface area contributed by atoms with Gasteiger partial charge in [0, 0.05) is 23.0 Å². The van der Waals surface area contributed by atoms with Gasteiger partial charge >= 0.3 is 0 Å². The number of benzene rings is 2. The fourth-order valence-corrected chi connectivity index (χ4v) is 3.40. The molecule has 5 nitrogen and oxygen atoms in total. The molecule has 132 valence electrons. The molecule has 0 aliphatic carbocycles. The van der Waals surface area contributed by atoms with Crippen molar-refractivity contribution < 1.29 is 14.0 Å². The Kier molecular flexibility index (Phi) is 4.26. The van der Waals surface area contributed by atoms with Crippen LogP contribution in [0.15, 0.2) is 48.5 Å². The van der Waals surface area contributed by atoms with E-state index >= 15 is 0 Å². The lowest BCUT2D eigenvalue weighted by molar-refractivity contribution is -0.116. The monoisotopic (exact) mass is 351 g/mol. The van der Waals surface area contributed by atoms with Crippen LogP contribution in [0.3, 0.4) is 0 Å². The Morgan fingerprint density at radius 2 is 1.92 bits per heavy atom. The first kappa shape index (κ1) is 16.5. The summed E-state index contributed by atoms with van der Waals surface area (Å²) in [6.45, 7) is 0.620. The Labute approximate surface area is 149 Å². The summed E-state index contributed by atoms with van der Waals surface area (Å²) in [5.41, 5.74) is 3.02. The van der Waals surface area contributed by atoms with Crippen molar-refractivity contribution in [2.24, 2.45) is 0 Å². The number of fused-ring (bicyclic) bond motifs is 3. The van der Waals surface area contributed by atoms with Crippen molar-refractivity contribution in [1.29, 1.82) is 0 Å². The molecule has 1 atom stereocenters. The topological polar surface area (TPSA) is 74.0 Å². The molecule has 0 bridgehead atoms. The second-order valence-electron chi connectivity index (χ2n) is 6.40. The van der Waals surface area contributed by atoms with Gasteiger partial charge in [-0.2, -0.15) is 0 Å². The lowest BCUT2D eigenvalue weighted by Crippen LogP contribution is -2.39. The van der Waals surface area contributed by atoms with E-state index in [1.165, 1.54) is 24.3 Å². The van der Waals surface area contributed by atoms with Gasteiger partial charge in [-0.3, -0.25) is 9.59 Å². The molecule has 0 spiro atoms. The Balaban J connectivity index is 1.53. The number of halogens is 1. The molecule has 1 aliphatic heterocycles. The Morgan fingerprint density at radius 1 is 1.15 bits per heavy atom. The molecule has 2 aromatic carbocycles. The van der Waals surface area contributed by atoms with Gasteiger partial charge in [-0.15, -0.1) is 0 Å². The highest BCUT2D eigenvalue weighted by Crippen LogP contribution is 2.26. The van der Waals surface area contributed by atoms with Gasteiger partial charge in [0.25, 0.3) is 0 Å². The van der Waals surface area contributed by atoms with Gasteiger partial charge in [0.2, 0.25) is 5.91 Å². The Bertz CT molecular complexity index is 978. The lowest BCUT2D eigenvalue weighted by atomic mass is 10.0. The van der Waals surface area contributed by atoms with Crippen molar-refractivity contribution in [2.45, 2.75) is 18.9 Å². The Morgan fingerprint density at radius 3 is 2.73 bits per heavy atom. The summed E-state index contributed by atoms with van der Waals surface area (Å²) in [6.07, 6.45) is 0.742. The standard InChI is InChI=1S/C20H18FN3O2/c21-12-5-7-13(8-6-12)23-18(25)11-17-20(26)19-15(9-10-22-17)14-3-1-2-4-16(14)24-19/h1-8,17,22,24H,9-11H2,(H,23,25)/t17-/m0/s1. The number of hydrogen-bond acceptors (Lipinski definition) is 3. The second kappa shape index (κ2) is 6.72. The van der Waals surface area contributed by atoms with E-state index in [9.17, 15) is 14.0 Å². The summed E-state index contributed by atoms with van der Waals surface area (Å²) >= 11 is 0. The number of carbonyl (C=O) groups excluding carboxylic acids is 2. The van der Waals surface area contributed by atoms with E-state index in [1.54, 1.807) is 0 Å². The van der Waals surface area contributed by atoms with Crippen LogP contribution >= 0.6 is 0 Å². The van der Waals surface area contributed by atoms with Crippen LogP contribution in [0.1, 0.15) is 22.5 Å². The molecule has 1 aliphatic rings. The molecule has 26 heavy (non-hydrogen) atoms. The van der Waals surface area contributed by atoms with Gasteiger partial charge in [0.15, 0.2) is 5.78 Å². The van der Waals surface area contributed by atoms with Gasteiger partial charge in [-0.25, -0.2) is 4.39 Å². The highest BCUT2D eigenvalue weighted by Gasteiger charge is 2.29. The SMILES string of the molecule is O=C(C[C@@H]1NCCc2c([nH]c3ccccc23)C1=O)Nc1ccc(F)cc1. The smallest absolute Gasteiger partial charge is 0.226 e. The molecule has 4 rings (SSSR count). The molecule has 0 saturated carbocycles. The normalized spacial score (nSPS) is 17.0. The lowest BCUT2D eigenvalue weighted by Gasteiger charge is -2.14. The van der Waals surface area contributed by atoms with Gasteiger partial charge < -0.3 is 15.6 Å². The molecular weight excluding hydrogens is 333 g/mol. The summed E-state index contributed by atoms with van der Waals surface area (Å²) in [7, 11) is 0. The quantitative estimate of drug-likeness (QED) is 0.679. The molecule has 0 unspecified atom stereocenters. The summed E-state index contributed by atoms with van der Waals surface area (Å²) in [4.78, 5) is 28.4. The van der Waals surface area contributed by atoms with Crippen molar-refractivity contribution in [2.75, 3.05) is 11.9 Å². The van der Waals surface area contributed by atoms with Crippen LogP contribution in [0.4, 0.5) is 10.1 Å². The predicted molar refractivity (Wildman–Crippen MR) is 97.8 cm³/mol. The van der Waals surface area contributed by atoms with E-state index in [4.69, 9.17) is 0 Å². The summed E-state index contributed by atoms with van der Waals surface area (Å²) in [6, 6.07) is 12.8. The molecule has 6 heteroatoms. The number of Topliss-reactive ketones (excluding diaryl/α,β-unsaturated/α-hetero) is 1. The van der Waals surface area contributed by atoms with E-state index in [1.807, 2.05) is 24.3 Å². The summed E-state index contributed by atoms with van der Waals surface area (Å²) in [5.74, 6) is -0.764. The Hall–Kier alpha value is -2.99. The number of anilines is 1. The minimum atomic E-state index is -0.593. The van der Waals surface area contributed by atoms with Crippen LogP contribution in [0, 0.1) is 5.82 Å². The average molecular weight is 351 g/mol. The first-order valence-corrected chi connectivity index (χ1v) is 8.54. The first-order valence-electron chi connectivity index (χ1n) is 8.54. The van der Waals surface area contributed by atoms with Gasteiger partial charge in [-0.1, -0.05) is 18.2 Å². The van der Waals surface area contributed by atoms with E-state index in [-0.39, 0.29) is 23.9 Å². The molecule has 3 aromatic rings. The van der Waals surface area contributed by atoms with Gasteiger partial charge in [0.05, 0.1) is 11.7 Å². The van der Waals surface area contributed by atoms with E-state index in [0.29, 0.717) is 17.9 Å². The maximum Gasteiger partial charge on any atom is 0.226 e. The largest absolute Gasteiger partial charge is 0.352 e. The zero-order chi connectivity index (χ0) is 18.1. The average Bonchev–Trinajstić information content (AvgIpc) is 2.94. The highest BCUT2D eigenvalue weighted by molar-refractivity contribution is 6.07. The fraction of sp³-hybridized carbons (Fsp3) is 0.200. The highest BCUT2D eigenvalue weighted by atomic mass is 19.1. The van der Waals surface area contributed by atoms with Crippen molar-refractivity contribution >= 4 is 28.3 Å². The maximum absolute atomic E-state index is 13.0. The number of nitrogens with one attached hydrogen (secondary N) is 3. The molecule has 0 radical (unpaired) electrons. The first-order chi connectivity index (χ1) is 12.6. The minimum absolute atomic E-state index is 0.0189. The molecule has 0 saturated heterocycles. The maximum atomic E-state index is 13.0. The van der Waals surface area contributed by atoms with Gasteiger partial charge in [0.1, 0.15) is 5.82 Å². The summed E-state index contributed by atoms with van der Waals surface area (Å²) in [5, 5.41) is 6.91. The van der Waals surface area contributed by atoms with E-state index < -0.39 is 6.04 Å². The molecule has 1 aromatic heterocycles. The van der Waals surface area contributed by atoms with Crippen LogP contribution in [-0.2, 0) is 11.2 Å². The fourth-order valence-electron chi connectivity index (χ4n) is 3.40. The number of aromatic amines is 1. The zero-order valence-electron chi connectivity index (χ0n) is 14.0. The number of aromatic nitrogens is 1. The van der Waals surface area contributed by atoms with Crippen molar-refractivity contribution in [1.82, 2.24) is 10.3 Å². The molecule has 2 heterocycles. The number of H-pyrrole nitrogens is 1. The van der Waals surface area contributed by atoms with Crippen LogP contribution in [-0.4, -0.2) is 29.3 Å². The third kappa shape index (κ3) is 3.11. The van der Waals surface area contributed by atoms with Crippen LogP contribution < -0.4 is 10.6 Å². The van der Waals surface area contributed by atoms with E-state index in [0.717, 1.165) is 22.9 Å². The number of rotatable bonds is 3. The number of para-hydroxylation sites is 1. The van der Waals surface area contributed by atoms with Crippen molar-refractivity contribution in [3.05, 3.63) is 65.6 Å². The summed E-state index contributed by atoms with van der Waals surface area (Å²) < 4.78 is 13.0. The number of ketones is 1. The predicted octanol–water partition coefficient (Wildman–Crippen LogP) is 3.03. The van der Waals surface area contributed by atoms with Crippen LogP contribution in [0.25, 0.3) is 10.9 Å². The van der Waals surface area contributed by atoms with Crippen LogP contribution in [0.2, 0.25) is 0 Å². The van der Waals surface area contributed by atoms with Crippen LogP contribution in [0.5, 0.6) is 0 Å². The zero-order valence-corrected chi connectivity index (χ0v) is 14.0. The number of carbonyl (C=O) groups is 2. The van der Waals surface area contributed by atoms with E-state index in [2.05, 4.69) is 15.6 Å². The second-order valence-corrected chi connectivity index (χ2v) is 6.40. The molecule has 1 amide bonds. The third-order valence-electron chi connectivity index (χ3n) is 4.66. The van der Waals surface area contributed by atoms with Crippen molar-refractivity contribution in [3.8, 4) is 0 Å². The number of hydrogen-bond donors (Lipinski definition) is 3. The third-order valence-corrected chi connectivity index (χ3v) is 4.66. The number of amides is 1. The molecule has 0 fully saturated rings. The van der Waals surface area contributed by atoms with Gasteiger partial charge in [-0.05, 0) is 48.9 Å². The minimum Gasteiger partial charge on any atom is -0.352 e. The van der Waals surface area contributed by atoms with Crippen molar-refractivity contribution in [3.63, 3.8) is 0 Å². The molecule has 3 N–H and O–H groups in total.